The summed E-state index contributed by atoms with van der Waals surface area (Å²) < 4.78 is 6.47. The Morgan fingerprint density at radius 1 is 1.38 bits per heavy atom. The molecular weight excluding hydrogens is 272 g/mol. The van der Waals surface area contributed by atoms with E-state index in [0.29, 0.717) is 12.3 Å². The highest BCUT2D eigenvalue weighted by Crippen LogP contribution is 2.19. The Balaban J connectivity index is 2.01. The van der Waals surface area contributed by atoms with Gasteiger partial charge in [-0.05, 0) is 19.9 Å². The van der Waals surface area contributed by atoms with Crippen molar-refractivity contribution in [1.29, 1.82) is 0 Å². The van der Waals surface area contributed by atoms with Gasteiger partial charge in [0, 0.05) is 18.9 Å². The highest BCUT2D eigenvalue weighted by molar-refractivity contribution is 5.94. The number of pyridine rings is 1. The highest BCUT2D eigenvalue weighted by atomic mass is 16.5. The van der Waals surface area contributed by atoms with Crippen LogP contribution in [0.2, 0.25) is 0 Å². The number of carbonyl (C=O) groups is 2. The van der Waals surface area contributed by atoms with Crippen molar-refractivity contribution in [2.75, 3.05) is 11.9 Å². The third-order valence-corrected chi connectivity index (χ3v) is 3.01. The van der Waals surface area contributed by atoms with Gasteiger partial charge >= 0.3 is 5.97 Å². The standard InChI is InChI=1S/C14H18N4O3/c1-4-21-13(20)6-5-12(19)16-10-7-11-9(2)17-18(3)14(11)15-8-10/h7-8H,4-6H2,1-3H3,(H,16,19). The van der Waals surface area contributed by atoms with Gasteiger partial charge in [-0.3, -0.25) is 14.3 Å². The number of hydrogen-bond donors (Lipinski definition) is 1. The van der Waals surface area contributed by atoms with Gasteiger partial charge in [0.05, 0.1) is 30.6 Å². The van der Waals surface area contributed by atoms with E-state index in [2.05, 4.69) is 15.4 Å². The number of carbonyl (C=O) groups excluding carboxylic acids is 2. The Kier molecular flexibility index (Phi) is 4.52. The monoisotopic (exact) mass is 290 g/mol. The number of nitrogens with zero attached hydrogens (tertiary/aromatic N) is 3. The number of amides is 1. The molecule has 0 unspecified atom stereocenters. The van der Waals surface area contributed by atoms with Crippen molar-refractivity contribution in [1.82, 2.24) is 14.8 Å². The average molecular weight is 290 g/mol. The van der Waals surface area contributed by atoms with Gasteiger partial charge in [0.15, 0.2) is 5.65 Å². The SMILES string of the molecule is CCOC(=O)CCC(=O)Nc1cnc2c(c1)c(C)nn2C. The van der Waals surface area contributed by atoms with Crippen molar-refractivity contribution in [3.63, 3.8) is 0 Å². The van der Waals surface area contributed by atoms with Crippen LogP contribution in [0.1, 0.15) is 25.5 Å². The molecule has 0 saturated heterocycles. The molecule has 7 heteroatoms. The molecule has 0 aliphatic heterocycles. The summed E-state index contributed by atoms with van der Waals surface area (Å²) in [5.74, 6) is -0.616. The van der Waals surface area contributed by atoms with Crippen LogP contribution < -0.4 is 5.32 Å². The van der Waals surface area contributed by atoms with Crippen molar-refractivity contribution >= 4 is 28.6 Å². The normalized spacial score (nSPS) is 10.6. The summed E-state index contributed by atoms with van der Waals surface area (Å²) >= 11 is 0. The molecule has 1 amide bonds. The predicted molar refractivity (Wildman–Crippen MR) is 77.7 cm³/mol. The predicted octanol–water partition coefficient (Wildman–Crippen LogP) is 1.56. The van der Waals surface area contributed by atoms with Gasteiger partial charge in [-0.25, -0.2) is 4.98 Å². The second kappa shape index (κ2) is 6.34. The molecular formula is C14H18N4O3. The third-order valence-electron chi connectivity index (χ3n) is 3.01. The first-order chi connectivity index (χ1) is 10.0. The van der Waals surface area contributed by atoms with E-state index >= 15 is 0 Å². The first-order valence-corrected chi connectivity index (χ1v) is 6.76. The van der Waals surface area contributed by atoms with Crippen LogP contribution in [-0.4, -0.2) is 33.2 Å². The van der Waals surface area contributed by atoms with Gasteiger partial charge in [0.25, 0.3) is 0 Å². The van der Waals surface area contributed by atoms with Crippen LogP contribution in [0.5, 0.6) is 0 Å². The molecule has 21 heavy (non-hydrogen) atoms. The fraction of sp³-hybridized carbons (Fsp3) is 0.429. The molecule has 112 valence electrons. The van der Waals surface area contributed by atoms with Crippen molar-refractivity contribution in [3.8, 4) is 0 Å². The summed E-state index contributed by atoms with van der Waals surface area (Å²) in [5.41, 5.74) is 2.20. The Hall–Kier alpha value is -2.44. The van der Waals surface area contributed by atoms with Crippen LogP contribution in [0.4, 0.5) is 5.69 Å². The maximum absolute atomic E-state index is 11.8. The van der Waals surface area contributed by atoms with Gasteiger partial charge in [-0.2, -0.15) is 5.10 Å². The molecule has 0 saturated carbocycles. The molecule has 0 atom stereocenters. The lowest BCUT2D eigenvalue weighted by molar-refractivity contribution is -0.144. The van der Waals surface area contributed by atoms with Crippen LogP contribution in [-0.2, 0) is 21.4 Å². The summed E-state index contributed by atoms with van der Waals surface area (Å²) in [6, 6.07) is 1.83. The lowest BCUT2D eigenvalue weighted by atomic mass is 10.2. The highest BCUT2D eigenvalue weighted by Gasteiger charge is 2.10. The number of nitrogens with one attached hydrogen (secondary N) is 1. The summed E-state index contributed by atoms with van der Waals surface area (Å²) in [6.45, 7) is 3.94. The summed E-state index contributed by atoms with van der Waals surface area (Å²) in [6.07, 6.45) is 1.73. The number of hydrogen-bond acceptors (Lipinski definition) is 5. The fourth-order valence-electron chi connectivity index (χ4n) is 2.05. The van der Waals surface area contributed by atoms with E-state index < -0.39 is 0 Å². The molecule has 0 bridgehead atoms. The molecule has 0 aliphatic rings. The Bertz CT molecular complexity index is 678. The molecule has 1 N–H and O–H groups in total. The van der Waals surface area contributed by atoms with E-state index in [1.165, 1.54) is 0 Å². The fourth-order valence-corrected chi connectivity index (χ4v) is 2.05. The molecule has 2 aromatic rings. The van der Waals surface area contributed by atoms with E-state index in [-0.39, 0.29) is 24.7 Å². The van der Waals surface area contributed by atoms with Crippen LogP contribution in [0.15, 0.2) is 12.3 Å². The Labute approximate surface area is 122 Å². The second-order valence-corrected chi connectivity index (χ2v) is 4.66. The molecule has 0 aromatic carbocycles. The molecule has 0 aliphatic carbocycles. The Morgan fingerprint density at radius 2 is 2.14 bits per heavy atom. The number of aryl methyl sites for hydroxylation is 2. The van der Waals surface area contributed by atoms with E-state index in [9.17, 15) is 9.59 Å². The van der Waals surface area contributed by atoms with Crippen molar-refractivity contribution in [2.45, 2.75) is 26.7 Å². The molecule has 7 nitrogen and oxygen atoms in total. The number of anilines is 1. The zero-order valence-electron chi connectivity index (χ0n) is 12.3. The maximum atomic E-state index is 11.8. The van der Waals surface area contributed by atoms with E-state index in [1.807, 2.05) is 20.0 Å². The third kappa shape index (κ3) is 3.56. The quantitative estimate of drug-likeness (QED) is 0.844. The lowest BCUT2D eigenvalue weighted by Crippen LogP contribution is -2.14. The van der Waals surface area contributed by atoms with Crippen molar-refractivity contribution in [3.05, 3.63) is 18.0 Å². The van der Waals surface area contributed by atoms with Gasteiger partial charge in [-0.1, -0.05) is 0 Å². The maximum Gasteiger partial charge on any atom is 0.306 e. The van der Waals surface area contributed by atoms with Gasteiger partial charge < -0.3 is 10.1 Å². The number of esters is 1. The molecule has 0 fully saturated rings. The van der Waals surface area contributed by atoms with E-state index in [4.69, 9.17) is 4.74 Å². The molecule has 2 aromatic heterocycles. The Morgan fingerprint density at radius 3 is 2.86 bits per heavy atom. The number of fused-ring (bicyclic) bond motifs is 1. The minimum atomic E-state index is -0.371. The van der Waals surface area contributed by atoms with Crippen molar-refractivity contribution < 1.29 is 14.3 Å². The largest absolute Gasteiger partial charge is 0.466 e. The molecule has 0 spiro atoms. The summed E-state index contributed by atoms with van der Waals surface area (Å²) in [4.78, 5) is 27.2. The van der Waals surface area contributed by atoms with Crippen LogP contribution >= 0.6 is 0 Å². The van der Waals surface area contributed by atoms with E-state index in [0.717, 1.165) is 16.7 Å². The van der Waals surface area contributed by atoms with Crippen LogP contribution in [0, 0.1) is 6.92 Å². The van der Waals surface area contributed by atoms with Gasteiger partial charge in [0.2, 0.25) is 5.91 Å². The average Bonchev–Trinajstić information content (AvgIpc) is 2.72. The lowest BCUT2D eigenvalue weighted by Gasteiger charge is -2.05. The van der Waals surface area contributed by atoms with Crippen LogP contribution in [0.3, 0.4) is 0 Å². The number of rotatable bonds is 5. The second-order valence-electron chi connectivity index (χ2n) is 4.66. The minimum absolute atomic E-state index is 0.0707. The smallest absolute Gasteiger partial charge is 0.306 e. The summed E-state index contributed by atoms with van der Waals surface area (Å²) in [5, 5.41) is 7.88. The number of ether oxygens (including phenoxy) is 1. The van der Waals surface area contributed by atoms with Gasteiger partial charge in [-0.15, -0.1) is 0 Å². The van der Waals surface area contributed by atoms with Gasteiger partial charge in [0.1, 0.15) is 0 Å². The molecule has 2 heterocycles. The van der Waals surface area contributed by atoms with Crippen LogP contribution in [0.25, 0.3) is 11.0 Å². The number of aromatic nitrogens is 3. The van der Waals surface area contributed by atoms with Crippen molar-refractivity contribution in [2.24, 2.45) is 7.05 Å². The minimum Gasteiger partial charge on any atom is -0.466 e. The zero-order valence-corrected chi connectivity index (χ0v) is 12.3. The van der Waals surface area contributed by atoms with E-state index in [1.54, 1.807) is 17.8 Å². The first kappa shape index (κ1) is 15.0. The first-order valence-electron chi connectivity index (χ1n) is 6.76. The zero-order chi connectivity index (χ0) is 15.4. The molecule has 2 rings (SSSR count). The molecule has 0 radical (unpaired) electrons. The topological polar surface area (TPSA) is 86.1 Å². The summed E-state index contributed by atoms with van der Waals surface area (Å²) in [7, 11) is 1.82.